The Morgan fingerprint density at radius 1 is 0.146 bits per heavy atom. The molecule has 5 heterocycles. The first-order valence-corrected chi connectivity index (χ1v) is 49.8. The molecule has 5 aromatic heterocycles. The predicted octanol–water partition coefficient (Wildman–Crippen LogP) is 39.7. The second kappa shape index (κ2) is 39.0. The van der Waals surface area contributed by atoms with Gasteiger partial charge in [0.1, 0.15) is 55.8 Å². The maximum absolute atomic E-state index is 6.12. The number of aryl methyl sites for hydroxylation is 7. The summed E-state index contributed by atoms with van der Waals surface area (Å²) in [6.07, 6.45) is 0. The molecule has 0 radical (unpaired) electrons. The van der Waals surface area contributed by atoms with Crippen LogP contribution in [0.2, 0.25) is 0 Å². The van der Waals surface area contributed by atoms with E-state index in [1.807, 2.05) is 84.9 Å². The first-order valence-electron chi connectivity index (χ1n) is 49.8. The Bertz CT molecular complexity index is 9200. The lowest BCUT2D eigenvalue weighted by Gasteiger charge is -2.22. The molecule has 28 rings (SSSR count). The van der Waals surface area contributed by atoms with Crippen molar-refractivity contribution in [3.05, 3.63) is 528 Å². The van der Waals surface area contributed by atoms with Gasteiger partial charge >= 0.3 is 0 Å². The monoisotopic (exact) mass is 1860 g/mol. The van der Waals surface area contributed by atoms with Gasteiger partial charge in [0.25, 0.3) is 0 Å². The summed E-state index contributed by atoms with van der Waals surface area (Å²) in [6, 6.07) is 164. The lowest BCUT2D eigenvalue weighted by atomic mass is 9.81. The highest BCUT2D eigenvalue weighted by Crippen LogP contribution is 2.53. The zero-order chi connectivity index (χ0) is 98.3. The van der Waals surface area contributed by atoms with Crippen molar-refractivity contribution in [1.29, 1.82) is 0 Å². The molecule has 0 bridgehead atoms. The van der Waals surface area contributed by atoms with E-state index < -0.39 is 0 Å². The summed E-state index contributed by atoms with van der Waals surface area (Å²) in [4.78, 5) is 0. The fraction of sp³-hybridized carbons (Fsp3) is 0.0935. The third-order valence-corrected chi connectivity index (χ3v) is 28.8. The molecule has 0 aliphatic heterocycles. The van der Waals surface area contributed by atoms with Crippen LogP contribution >= 0.6 is 0 Å². The number of para-hydroxylation sites is 6. The van der Waals surface area contributed by atoms with Gasteiger partial charge in [0.2, 0.25) is 0 Å². The largest absolute Gasteiger partial charge is 0.456 e. The molecular formula is C139H110O5. The van der Waals surface area contributed by atoms with Crippen molar-refractivity contribution in [2.75, 3.05) is 0 Å². The Labute approximate surface area is 841 Å². The van der Waals surface area contributed by atoms with Crippen molar-refractivity contribution in [3.8, 4) is 100 Å². The maximum Gasteiger partial charge on any atom is 0.143 e. The summed E-state index contributed by atoms with van der Waals surface area (Å²) in [5.41, 5.74) is 47.2. The molecule has 0 N–H and O–H groups in total. The Kier molecular flexibility index (Phi) is 24.8. The van der Waals surface area contributed by atoms with Gasteiger partial charge in [-0.1, -0.05) is 462 Å². The molecule has 0 unspecified atom stereocenters. The van der Waals surface area contributed by atoms with Crippen LogP contribution < -0.4 is 0 Å². The summed E-state index contributed by atoms with van der Waals surface area (Å²) in [5.74, 6) is 0. The zero-order valence-corrected chi connectivity index (χ0v) is 83.0. The minimum atomic E-state index is 0.0709. The Morgan fingerprint density at radius 3 is 1.08 bits per heavy atom. The van der Waals surface area contributed by atoms with Crippen molar-refractivity contribution < 1.29 is 22.1 Å². The van der Waals surface area contributed by atoms with Gasteiger partial charge in [-0.05, 0) is 232 Å². The van der Waals surface area contributed by atoms with Crippen LogP contribution in [0.25, 0.3) is 210 Å². The van der Waals surface area contributed by atoms with Crippen LogP contribution in [0.15, 0.2) is 489 Å². The molecule has 0 fully saturated rings. The molecule has 5 nitrogen and oxygen atoms in total. The number of hydrogen-bond acceptors (Lipinski definition) is 5. The fourth-order valence-corrected chi connectivity index (χ4v) is 21.1. The quantitative estimate of drug-likeness (QED) is 0.159. The number of hydrogen-bond donors (Lipinski definition) is 0. The molecule has 0 atom stereocenters. The topological polar surface area (TPSA) is 65.7 Å². The first kappa shape index (κ1) is 91.7. The molecule has 0 amide bonds. The van der Waals surface area contributed by atoms with Crippen LogP contribution in [0.4, 0.5) is 0 Å². The summed E-state index contributed by atoms with van der Waals surface area (Å²) < 4.78 is 30.1. The van der Waals surface area contributed by atoms with E-state index >= 15 is 0 Å². The van der Waals surface area contributed by atoms with Crippen LogP contribution in [0.1, 0.15) is 88.9 Å². The van der Waals surface area contributed by atoms with Crippen LogP contribution in [0, 0.1) is 48.5 Å². The van der Waals surface area contributed by atoms with Gasteiger partial charge in [0.15, 0.2) is 0 Å². The number of furan rings is 5. The summed E-state index contributed by atoms with van der Waals surface area (Å²) in [7, 11) is 0. The molecule has 696 valence electrons. The van der Waals surface area contributed by atoms with Crippen molar-refractivity contribution in [2.24, 2.45) is 0 Å². The Balaban J connectivity index is 0.0000000959. The van der Waals surface area contributed by atoms with Gasteiger partial charge in [-0.15, -0.1) is 0 Å². The SMILES string of the molecule is Cc1ccc(-c2ccc3c(c2)-c2ccccc2C3(C)C)cc1.Cc1ccc(-c2ccc3c(c2)oc2ccccc23)cc1.Cc1ccc(-c2cccc3c2oc2ccccc23)cc1.Cc1ccc(-c2cccc3oc4ccccc4c23)cc1.Cc1ccc(-c2ccccc2)c2c1oc1ccccc12.Cc1ccc(-c2ccccc2)c2oc3ccccc3c12.Cc1ccc2c(c1)C(C)(C)c1cc(-c3ccccc3)ccc1-2. The van der Waals surface area contributed by atoms with E-state index in [0.29, 0.717) is 0 Å². The molecule has 2 aliphatic rings. The minimum absolute atomic E-state index is 0.0709. The van der Waals surface area contributed by atoms with E-state index in [0.717, 1.165) is 67.0 Å². The van der Waals surface area contributed by atoms with E-state index in [1.165, 1.54) is 204 Å². The smallest absolute Gasteiger partial charge is 0.143 e. The highest BCUT2D eigenvalue weighted by atomic mass is 16.3. The van der Waals surface area contributed by atoms with Crippen LogP contribution in [0.5, 0.6) is 0 Å². The van der Waals surface area contributed by atoms with Gasteiger partial charge < -0.3 is 22.1 Å². The number of fused-ring (bicyclic) bond motifs is 21. The summed E-state index contributed by atoms with van der Waals surface area (Å²) in [5, 5.41) is 11.9. The van der Waals surface area contributed by atoms with Crippen molar-refractivity contribution >= 4 is 110 Å². The van der Waals surface area contributed by atoms with Gasteiger partial charge in [-0.3, -0.25) is 0 Å². The van der Waals surface area contributed by atoms with Gasteiger partial charge in [-0.2, -0.15) is 0 Å². The lowest BCUT2D eigenvalue weighted by Crippen LogP contribution is -2.15. The van der Waals surface area contributed by atoms with Crippen molar-refractivity contribution in [3.63, 3.8) is 0 Å². The van der Waals surface area contributed by atoms with E-state index in [4.69, 9.17) is 22.1 Å². The van der Waals surface area contributed by atoms with Crippen LogP contribution in [-0.2, 0) is 10.8 Å². The van der Waals surface area contributed by atoms with E-state index in [-0.39, 0.29) is 10.8 Å². The molecule has 21 aromatic carbocycles. The maximum atomic E-state index is 6.12. The molecule has 0 saturated heterocycles. The minimum Gasteiger partial charge on any atom is -0.456 e. The molecular weight excluding hydrogens is 1750 g/mol. The van der Waals surface area contributed by atoms with E-state index in [1.54, 1.807) is 0 Å². The molecule has 0 saturated carbocycles. The zero-order valence-electron chi connectivity index (χ0n) is 83.0. The predicted molar refractivity (Wildman–Crippen MR) is 608 cm³/mol. The third kappa shape index (κ3) is 17.9. The summed E-state index contributed by atoms with van der Waals surface area (Å²) in [6.45, 7) is 24.2. The Morgan fingerprint density at radius 2 is 0.465 bits per heavy atom. The fourth-order valence-electron chi connectivity index (χ4n) is 21.1. The van der Waals surface area contributed by atoms with Crippen LogP contribution in [0.3, 0.4) is 0 Å². The molecule has 144 heavy (non-hydrogen) atoms. The second-order valence-corrected chi connectivity index (χ2v) is 39.3. The molecule has 2 aliphatic carbocycles. The van der Waals surface area contributed by atoms with Crippen molar-refractivity contribution in [1.82, 2.24) is 0 Å². The second-order valence-electron chi connectivity index (χ2n) is 39.3. The van der Waals surface area contributed by atoms with Gasteiger partial charge in [0, 0.05) is 75.8 Å². The first-order chi connectivity index (χ1) is 70.3. The van der Waals surface area contributed by atoms with E-state index in [2.05, 4.69) is 458 Å². The molecule has 0 spiro atoms. The molecule has 26 aromatic rings. The van der Waals surface area contributed by atoms with Crippen LogP contribution in [-0.4, -0.2) is 0 Å². The number of rotatable bonds is 7. The van der Waals surface area contributed by atoms with Crippen molar-refractivity contribution in [2.45, 2.75) is 87.0 Å². The molecule has 5 heteroatoms. The Hall–Kier alpha value is -17.4. The van der Waals surface area contributed by atoms with E-state index in [9.17, 15) is 0 Å². The van der Waals surface area contributed by atoms with Gasteiger partial charge in [0.05, 0.1) is 0 Å². The average molecular weight is 1860 g/mol. The number of benzene rings is 21. The lowest BCUT2D eigenvalue weighted by molar-refractivity contribution is 0.660. The highest BCUT2D eigenvalue weighted by Gasteiger charge is 2.37. The average Bonchev–Trinajstić information content (AvgIpc) is 1.58. The van der Waals surface area contributed by atoms with Gasteiger partial charge in [-0.25, -0.2) is 0 Å². The normalized spacial score (nSPS) is 12.2. The summed E-state index contributed by atoms with van der Waals surface area (Å²) >= 11 is 0. The highest BCUT2D eigenvalue weighted by molar-refractivity contribution is 6.16. The standard InChI is InChI=1S/2C22H20.5C19H14O/c1-15-8-10-16(11-9-15)17-12-13-21-19(14-17)18-6-4-5-7-20(18)22(21,2)3;1-15-9-11-18-19-12-10-17(16-7-5-4-6-8-16)14-21(19)22(2,3)20(18)13-15;1-13-9-11-14(12-10-13)15-6-4-7-17-16-5-2-3-8-18(16)20-19(15)17;1-13-9-11-14(12-10-13)15-6-4-8-18-19(15)16-5-2-3-7-17(16)20-18;1-13-11-12-15(14-7-3-2-4-8-14)18-16-9-5-6-10-17(16)20-19(13)18;1-13-11-12-15(14-7-3-2-4-8-14)19-18(13)16-9-5-6-10-17(16)20-19;1-13-6-8-14(9-7-13)15-10-11-17-16-4-2-3-5-18(16)20-19(17)12-15/h2*4-14H,1-3H3;5*2-12H,1H3. The third-order valence-electron chi connectivity index (χ3n) is 28.8.